The first-order valence-electron chi connectivity index (χ1n) is 5.46. The van der Waals surface area contributed by atoms with Gasteiger partial charge in [-0.15, -0.1) is 0 Å². The van der Waals surface area contributed by atoms with Crippen molar-refractivity contribution in [2.75, 3.05) is 0 Å². The molecule has 3 nitrogen and oxygen atoms in total. The molecule has 0 amide bonds. The van der Waals surface area contributed by atoms with Crippen LogP contribution in [0, 0.1) is 0 Å². The molecule has 0 aromatic heterocycles. The Kier molecular flexibility index (Phi) is 3.44. The van der Waals surface area contributed by atoms with Crippen molar-refractivity contribution in [1.29, 1.82) is 0 Å². The van der Waals surface area contributed by atoms with Crippen LogP contribution in [0.15, 0.2) is 60.7 Å². The molecule has 0 aliphatic heterocycles. The third kappa shape index (κ3) is 2.77. The molecule has 0 radical (unpaired) electrons. The summed E-state index contributed by atoms with van der Waals surface area (Å²) in [6, 6.07) is 14.7. The standard InChI is InChI=1S/C15H12O3/c16-13-8-6-12(7-9-13)15(18)10-14(17)11-4-2-1-3-5-11/h1-10,16-17H/b14-10-. The van der Waals surface area contributed by atoms with Gasteiger partial charge in [0.05, 0.1) is 0 Å². The molecule has 2 rings (SSSR count). The zero-order chi connectivity index (χ0) is 13.0. The van der Waals surface area contributed by atoms with Crippen molar-refractivity contribution in [3.8, 4) is 5.75 Å². The summed E-state index contributed by atoms with van der Waals surface area (Å²) in [6.45, 7) is 0. The monoisotopic (exact) mass is 240 g/mol. The minimum atomic E-state index is -0.309. The number of phenols is 1. The van der Waals surface area contributed by atoms with Gasteiger partial charge in [-0.2, -0.15) is 0 Å². The average Bonchev–Trinajstić information content (AvgIpc) is 2.40. The van der Waals surface area contributed by atoms with E-state index in [0.717, 1.165) is 0 Å². The van der Waals surface area contributed by atoms with Crippen LogP contribution in [0.4, 0.5) is 0 Å². The summed E-state index contributed by atoms with van der Waals surface area (Å²) in [4.78, 5) is 11.8. The van der Waals surface area contributed by atoms with Gasteiger partial charge in [0.1, 0.15) is 11.5 Å². The van der Waals surface area contributed by atoms with Crippen LogP contribution in [-0.2, 0) is 0 Å². The van der Waals surface area contributed by atoms with Gasteiger partial charge in [0.2, 0.25) is 0 Å². The van der Waals surface area contributed by atoms with Gasteiger partial charge in [-0.1, -0.05) is 30.3 Å². The molecule has 0 saturated carbocycles. The maximum Gasteiger partial charge on any atom is 0.189 e. The fraction of sp³-hybridized carbons (Fsp3) is 0. The third-order valence-corrected chi connectivity index (χ3v) is 2.49. The van der Waals surface area contributed by atoms with Gasteiger partial charge in [-0.3, -0.25) is 4.79 Å². The van der Waals surface area contributed by atoms with Crippen molar-refractivity contribution in [2.24, 2.45) is 0 Å². The van der Waals surface area contributed by atoms with E-state index in [2.05, 4.69) is 0 Å². The Hall–Kier alpha value is -2.55. The first-order valence-corrected chi connectivity index (χ1v) is 5.46. The first kappa shape index (κ1) is 11.9. The fourth-order valence-corrected chi connectivity index (χ4v) is 1.53. The molecule has 2 N–H and O–H groups in total. The Labute approximate surface area is 105 Å². The largest absolute Gasteiger partial charge is 0.508 e. The van der Waals surface area contributed by atoms with E-state index in [1.54, 1.807) is 24.3 Å². The molecule has 0 fully saturated rings. The number of hydrogen-bond acceptors (Lipinski definition) is 3. The van der Waals surface area contributed by atoms with E-state index < -0.39 is 0 Å². The van der Waals surface area contributed by atoms with Crippen molar-refractivity contribution in [2.45, 2.75) is 0 Å². The average molecular weight is 240 g/mol. The third-order valence-electron chi connectivity index (χ3n) is 2.49. The highest BCUT2D eigenvalue weighted by Crippen LogP contribution is 2.14. The number of carbonyl (C=O) groups is 1. The minimum absolute atomic E-state index is 0.0753. The SMILES string of the molecule is O=C(/C=C(\O)c1ccccc1)c1ccc(O)cc1. The van der Waals surface area contributed by atoms with Crippen molar-refractivity contribution in [1.82, 2.24) is 0 Å². The quantitative estimate of drug-likeness (QED) is 0.492. The number of rotatable bonds is 3. The lowest BCUT2D eigenvalue weighted by Gasteiger charge is -2.00. The molecule has 0 heterocycles. The van der Waals surface area contributed by atoms with Crippen molar-refractivity contribution in [3.63, 3.8) is 0 Å². The number of allylic oxidation sites excluding steroid dienone is 1. The molecule has 90 valence electrons. The number of aromatic hydroxyl groups is 1. The predicted molar refractivity (Wildman–Crippen MR) is 69.5 cm³/mol. The second-order valence-corrected chi connectivity index (χ2v) is 3.81. The number of ketones is 1. The Balaban J connectivity index is 2.23. The van der Waals surface area contributed by atoms with Crippen LogP contribution in [0.5, 0.6) is 5.75 Å². The van der Waals surface area contributed by atoms with Crippen LogP contribution >= 0.6 is 0 Å². The van der Waals surface area contributed by atoms with Gasteiger partial charge in [-0.05, 0) is 24.3 Å². The maximum atomic E-state index is 11.8. The van der Waals surface area contributed by atoms with Gasteiger partial charge < -0.3 is 10.2 Å². The molecule has 0 aliphatic rings. The number of aliphatic hydroxyl groups is 1. The summed E-state index contributed by atoms with van der Waals surface area (Å²) in [6.07, 6.45) is 1.17. The van der Waals surface area contributed by atoms with Crippen molar-refractivity contribution >= 4 is 11.5 Å². The molecule has 0 bridgehead atoms. The summed E-state index contributed by atoms with van der Waals surface area (Å²) in [7, 11) is 0. The normalized spacial score (nSPS) is 11.2. The van der Waals surface area contributed by atoms with E-state index in [0.29, 0.717) is 11.1 Å². The lowest BCUT2D eigenvalue weighted by Crippen LogP contribution is -1.96. The van der Waals surface area contributed by atoms with Crippen LogP contribution in [-0.4, -0.2) is 16.0 Å². The summed E-state index contributed by atoms with van der Waals surface area (Å²) in [5, 5.41) is 18.9. The smallest absolute Gasteiger partial charge is 0.189 e. The molecule has 0 saturated heterocycles. The van der Waals surface area contributed by atoms with Crippen molar-refractivity contribution < 1.29 is 15.0 Å². The van der Waals surface area contributed by atoms with Crippen LogP contribution in [0.1, 0.15) is 15.9 Å². The fourth-order valence-electron chi connectivity index (χ4n) is 1.53. The molecule has 3 heteroatoms. The Morgan fingerprint density at radius 1 is 0.889 bits per heavy atom. The molecule has 0 spiro atoms. The predicted octanol–water partition coefficient (Wildman–Crippen LogP) is 3.17. The molecule has 0 unspecified atom stereocenters. The van der Waals surface area contributed by atoms with E-state index in [1.165, 1.54) is 30.3 Å². The van der Waals surface area contributed by atoms with Gasteiger partial charge in [0, 0.05) is 17.2 Å². The summed E-state index contributed by atoms with van der Waals surface area (Å²) < 4.78 is 0. The Bertz CT molecular complexity index is 568. The molecule has 18 heavy (non-hydrogen) atoms. The maximum absolute atomic E-state index is 11.8. The topological polar surface area (TPSA) is 57.5 Å². The van der Waals surface area contributed by atoms with Crippen LogP contribution in [0.25, 0.3) is 5.76 Å². The zero-order valence-corrected chi connectivity index (χ0v) is 9.58. The number of phenolic OH excluding ortho intramolecular Hbond substituents is 1. The lowest BCUT2D eigenvalue weighted by molar-refractivity contribution is 0.104. The minimum Gasteiger partial charge on any atom is -0.508 e. The van der Waals surface area contributed by atoms with E-state index in [-0.39, 0.29) is 17.3 Å². The van der Waals surface area contributed by atoms with Gasteiger partial charge >= 0.3 is 0 Å². The van der Waals surface area contributed by atoms with E-state index >= 15 is 0 Å². The second kappa shape index (κ2) is 5.19. The van der Waals surface area contributed by atoms with E-state index in [9.17, 15) is 9.90 Å². The summed E-state index contributed by atoms with van der Waals surface area (Å²) in [5.41, 5.74) is 1.000. The highest BCUT2D eigenvalue weighted by atomic mass is 16.3. The van der Waals surface area contributed by atoms with Crippen LogP contribution in [0.3, 0.4) is 0 Å². The summed E-state index contributed by atoms with van der Waals surface area (Å²) in [5.74, 6) is -0.284. The highest BCUT2D eigenvalue weighted by molar-refractivity contribution is 6.07. The summed E-state index contributed by atoms with van der Waals surface area (Å²) >= 11 is 0. The Morgan fingerprint density at radius 2 is 1.50 bits per heavy atom. The molecule has 2 aromatic rings. The molecular weight excluding hydrogens is 228 g/mol. The number of hydrogen-bond donors (Lipinski definition) is 2. The highest BCUT2D eigenvalue weighted by Gasteiger charge is 2.05. The Morgan fingerprint density at radius 3 is 2.11 bits per heavy atom. The van der Waals surface area contributed by atoms with Gasteiger partial charge in [-0.25, -0.2) is 0 Å². The van der Waals surface area contributed by atoms with Crippen LogP contribution < -0.4 is 0 Å². The number of benzene rings is 2. The second-order valence-electron chi connectivity index (χ2n) is 3.81. The molecule has 0 aliphatic carbocycles. The van der Waals surface area contributed by atoms with E-state index in [4.69, 9.17) is 5.11 Å². The van der Waals surface area contributed by atoms with E-state index in [1.807, 2.05) is 6.07 Å². The van der Waals surface area contributed by atoms with Gasteiger partial charge in [0.15, 0.2) is 5.78 Å². The lowest BCUT2D eigenvalue weighted by atomic mass is 10.1. The van der Waals surface area contributed by atoms with Gasteiger partial charge in [0.25, 0.3) is 0 Å². The molecule has 2 aromatic carbocycles. The van der Waals surface area contributed by atoms with Crippen LogP contribution in [0.2, 0.25) is 0 Å². The number of aliphatic hydroxyl groups excluding tert-OH is 1. The van der Waals surface area contributed by atoms with Crippen molar-refractivity contribution in [3.05, 3.63) is 71.8 Å². The zero-order valence-electron chi connectivity index (χ0n) is 9.58. The molecular formula is C15H12O3. The first-order chi connectivity index (χ1) is 8.66. The number of carbonyl (C=O) groups excluding carboxylic acids is 1. The molecule has 0 atom stereocenters.